The molecule has 2 aromatic carbocycles. The van der Waals surface area contributed by atoms with Crippen molar-refractivity contribution in [2.75, 3.05) is 11.4 Å². The quantitative estimate of drug-likeness (QED) is 0.434. The summed E-state index contributed by atoms with van der Waals surface area (Å²) in [5.41, 5.74) is 2.31. The Balaban J connectivity index is 1.60. The van der Waals surface area contributed by atoms with Gasteiger partial charge in [0.15, 0.2) is 0 Å². The van der Waals surface area contributed by atoms with Crippen LogP contribution in [-0.2, 0) is 4.79 Å². The highest BCUT2D eigenvalue weighted by atomic mass is 16.1. The minimum Gasteiger partial charge on any atom is -0.352 e. The molecule has 6 heteroatoms. The van der Waals surface area contributed by atoms with Crippen LogP contribution >= 0.6 is 0 Å². The third kappa shape index (κ3) is 6.74. The number of anilines is 3. The molecule has 3 aromatic rings. The standard InChI is InChI=1S/C25H28N4O2/c1-20(30)12-6-2-3-11-17-26-24(31)21-18-27-25(28-19-21)29(22-13-7-4-8-14-22)23-15-9-5-10-16-23/h4-5,7-10,13-16,18-19H,2-3,6,11-12,17H2,1H3,(H,26,31). The second-order valence-corrected chi connectivity index (χ2v) is 7.40. The van der Waals surface area contributed by atoms with Crippen LogP contribution in [0, 0.1) is 0 Å². The average Bonchev–Trinajstić information content (AvgIpc) is 2.80. The Bertz CT molecular complexity index is 920. The fraction of sp³-hybridized carbons (Fsp3) is 0.280. The lowest BCUT2D eigenvalue weighted by Gasteiger charge is -2.22. The summed E-state index contributed by atoms with van der Waals surface area (Å²) in [6, 6.07) is 19.8. The first-order valence-corrected chi connectivity index (χ1v) is 10.6. The topological polar surface area (TPSA) is 75.2 Å². The molecular weight excluding hydrogens is 388 g/mol. The van der Waals surface area contributed by atoms with Gasteiger partial charge in [-0.05, 0) is 44.0 Å². The van der Waals surface area contributed by atoms with E-state index in [1.54, 1.807) is 19.3 Å². The van der Waals surface area contributed by atoms with Gasteiger partial charge in [0.25, 0.3) is 5.91 Å². The van der Waals surface area contributed by atoms with Crippen molar-refractivity contribution < 1.29 is 9.59 Å². The molecule has 1 aromatic heterocycles. The van der Waals surface area contributed by atoms with Crippen LogP contribution in [0.1, 0.15) is 49.4 Å². The van der Waals surface area contributed by atoms with E-state index in [1.165, 1.54) is 0 Å². The third-order valence-corrected chi connectivity index (χ3v) is 4.87. The highest BCUT2D eigenvalue weighted by molar-refractivity contribution is 5.93. The van der Waals surface area contributed by atoms with E-state index < -0.39 is 0 Å². The van der Waals surface area contributed by atoms with E-state index in [4.69, 9.17) is 0 Å². The number of rotatable bonds is 11. The maximum atomic E-state index is 12.4. The van der Waals surface area contributed by atoms with Gasteiger partial charge in [0, 0.05) is 36.7 Å². The van der Waals surface area contributed by atoms with E-state index >= 15 is 0 Å². The van der Waals surface area contributed by atoms with Crippen LogP contribution in [0.3, 0.4) is 0 Å². The number of unbranched alkanes of at least 4 members (excludes halogenated alkanes) is 3. The van der Waals surface area contributed by atoms with Gasteiger partial charge in [0.05, 0.1) is 5.56 Å². The number of para-hydroxylation sites is 2. The van der Waals surface area contributed by atoms with E-state index in [2.05, 4.69) is 15.3 Å². The molecule has 0 bridgehead atoms. The van der Waals surface area contributed by atoms with E-state index in [9.17, 15) is 9.59 Å². The summed E-state index contributed by atoms with van der Waals surface area (Å²) in [6.07, 6.45) is 7.55. The maximum Gasteiger partial charge on any atom is 0.254 e. The summed E-state index contributed by atoms with van der Waals surface area (Å²) in [7, 11) is 0. The number of hydrogen-bond acceptors (Lipinski definition) is 5. The van der Waals surface area contributed by atoms with Gasteiger partial charge in [-0.3, -0.25) is 9.69 Å². The van der Waals surface area contributed by atoms with Crippen molar-refractivity contribution in [1.29, 1.82) is 0 Å². The predicted molar refractivity (Wildman–Crippen MR) is 123 cm³/mol. The number of carbonyl (C=O) groups excluding carboxylic acids is 2. The second kappa shape index (κ2) is 11.6. The summed E-state index contributed by atoms with van der Waals surface area (Å²) in [4.78, 5) is 34.2. The first-order chi connectivity index (χ1) is 15.1. The Morgan fingerprint density at radius 1 is 0.806 bits per heavy atom. The molecule has 0 atom stereocenters. The van der Waals surface area contributed by atoms with Gasteiger partial charge >= 0.3 is 0 Å². The highest BCUT2D eigenvalue weighted by Crippen LogP contribution is 2.31. The Morgan fingerprint density at radius 2 is 1.35 bits per heavy atom. The van der Waals surface area contributed by atoms with Crippen LogP contribution in [0.5, 0.6) is 0 Å². The molecule has 0 saturated carbocycles. The predicted octanol–water partition coefficient (Wildman–Crippen LogP) is 5.22. The van der Waals surface area contributed by atoms with Gasteiger partial charge in [-0.2, -0.15) is 0 Å². The average molecular weight is 417 g/mol. The van der Waals surface area contributed by atoms with Crippen LogP contribution < -0.4 is 10.2 Å². The number of aromatic nitrogens is 2. The molecule has 0 fully saturated rings. The molecule has 0 spiro atoms. The van der Waals surface area contributed by atoms with Crippen LogP contribution in [0.25, 0.3) is 0 Å². The van der Waals surface area contributed by atoms with Crippen molar-refractivity contribution in [1.82, 2.24) is 15.3 Å². The summed E-state index contributed by atoms with van der Waals surface area (Å²) >= 11 is 0. The molecule has 1 heterocycles. The van der Waals surface area contributed by atoms with E-state index in [1.807, 2.05) is 65.6 Å². The molecule has 1 N–H and O–H groups in total. The zero-order chi connectivity index (χ0) is 21.9. The van der Waals surface area contributed by atoms with Crippen LogP contribution in [0.15, 0.2) is 73.1 Å². The summed E-state index contributed by atoms with van der Waals surface area (Å²) in [5, 5.41) is 2.91. The van der Waals surface area contributed by atoms with Crippen LogP contribution in [-0.4, -0.2) is 28.2 Å². The molecule has 0 unspecified atom stereocenters. The molecular formula is C25H28N4O2. The number of carbonyl (C=O) groups is 2. The number of Topliss-reactive ketones (excluding diaryl/α,β-unsaturated/α-hetero) is 1. The van der Waals surface area contributed by atoms with Crippen molar-refractivity contribution in [2.24, 2.45) is 0 Å². The van der Waals surface area contributed by atoms with Gasteiger partial charge in [0.2, 0.25) is 5.95 Å². The van der Waals surface area contributed by atoms with Crippen molar-refractivity contribution in [3.05, 3.63) is 78.6 Å². The number of nitrogens with zero attached hydrogens (tertiary/aromatic N) is 3. The molecule has 0 saturated heterocycles. The normalized spacial score (nSPS) is 10.5. The summed E-state index contributed by atoms with van der Waals surface area (Å²) in [6.45, 7) is 2.22. The lowest BCUT2D eigenvalue weighted by atomic mass is 10.1. The number of nitrogens with one attached hydrogen (secondary N) is 1. The lowest BCUT2D eigenvalue weighted by Crippen LogP contribution is -2.25. The first kappa shape index (κ1) is 22.2. The lowest BCUT2D eigenvalue weighted by molar-refractivity contribution is -0.117. The van der Waals surface area contributed by atoms with E-state index in [0.29, 0.717) is 24.5 Å². The van der Waals surface area contributed by atoms with Crippen molar-refractivity contribution in [2.45, 2.75) is 39.0 Å². The zero-order valence-corrected chi connectivity index (χ0v) is 17.8. The van der Waals surface area contributed by atoms with E-state index in [0.717, 1.165) is 37.1 Å². The van der Waals surface area contributed by atoms with Crippen LogP contribution in [0.4, 0.5) is 17.3 Å². The number of ketones is 1. The van der Waals surface area contributed by atoms with E-state index in [-0.39, 0.29) is 11.7 Å². The SMILES string of the molecule is CC(=O)CCCCCCNC(=O)c1cnc(N(c2ccccc2)c2ccccc2)nc1. The molecule has 1 amide bonds. The zero-order valence-electron chi connectivity index (χ0n) is 17.8. The largest absolute Gasteiger partial charge is 0.352 e. The van der Waals surface area contributed by atoms with Gasteiger partial charge < -0.3 is 10.1 Å². The molecule has 0 aliphatic rings. The third-order valence-electron chi connectivity index (χ3n) is 4.87. The van der Waals surface area contributed by atoms with Gasteiger partial charge in [-0.1, -0.05) is 49.2 Å². The Hall–Kier alpha value is -3.54. The molecule has 160 valence electrons. The van der Waals surface area contributed by atoms with Crippen molar-refractivity contribution >= 4 is 29.0 Å². The molecule has 0 aliphatic carbocycles. The molecule has 3 rings (SSSR count). The fourth-order valence-corrected chi connectivity index (χ4v) is 3.24. The molecule has 0 radical (unpaired) electrons. The Morgan fingerprint density at radius 3 is 1.90 bits per heavy atom. The maximum absolute atomic E-state index is 12.4. The van der Waals surface area contributed by atoms with Gasteiger partial charge in [-0.25, -0.2) is 9.97 Å². The minimum absolute atomic E-state index is 0.179. The van der Waals surface area contributed by atoms with Gasteiger partial charge in [-0.15, -0.1) is 0 Å². The Labute approximate surface area is 183 Å². The highest BCUT2D eigenvalue weighted by Gasteiger charge is 2.15. The minimum atomic E-state index is -0.179. The van der Waals surface area contributed by atoms with Gasteiger partial charge in [0.1, 0.15) is 5.78 Å². The Kier molecular flexibility index (Phi) is 8.29. The molecule has 6 nitrogen and oxygen atoms in total. The second-order valence-electron chi connectivity index (χ2n) is 7.40. The van der Waals surface area contributed by atoms with Crippen molar-refractivity contribution in [3.8, 4) is 0 Å². The van der Waals surface area contributed by atoms with Crippen molar-refractivity contribution in [3.63, 3.8) is 0 Å². The molecule has 0 aliphatic heterocycles. The number of amides is 1. The molecule has 31 heavy (non-hydrogen) atoms. The number of hydrogen-bond donors (Lipinski definition) is 1. The first-order valence-electron chi connectivity index (χ1n) is 10.6. The van der Waals surface area contributed by atoms with Crippen LogP contribution in [0.2, 0.25) is 0 Å². The summed E-state index contributed by atoms with van der Waals surface area (Å²) in [5.74, 6) is 0.551. The number of benzene rings is 2. The summed E-state index contributed by atoms with van der Waals surface area (Å²) < 4.78 is 0. The fourth-order valence-electron chi connectivity index (χ4n) is 3.24. The monoisotopic (exact) mass is 416 g/mol. The smallest absolute Gasteiger partial charge is 0.254 e.